The first kappa shape index (κ1) is 22.2. The van der Waals surface area contributed by atoms with Gasteiger partial charge in [-0.2, -0.15) is 0 Å². The number of aromatic nitrogens is 2. The van der Waals surface area contributed by atoms with Gasteiger partial charge in [-0.3, -0.25) is 14.8 Å². The summed E-state index contributed by atoms with van der Waals surface area (Å²) in [4.78, 5) is 42.2. The first-order valence-electron chi connectivity index (χ1n) is 10.2. The molecule has 9 heteroatoms. The molecule has 1 atom stereocenters. The number of carbonyl (C=O) groups excluding carboxylic acids is 1. The van der Waals surface area contributed by atoms with Crippen molar-refractivity contribution in [1.29, 1.82) is 0 Å². The maximum absolute atomic E-state index is 12.8. The summed E-state index contributed by atoms with van der Waals surface area (Å²) < 4.78 is 16.7. The summed E-state index contributed by atoms with van der Waals surface area (Å²) in [5.41, 5.74) is 0.286. The Morgan fingerprint density at radius 3 is 2.45 bits per heavy atom. The number of hydrogen-bond acceptors (Lipinski definition) is 7. The van der Waals surface area contributed by atoms with E-state index in [1.54, 1.807) is 25.1 Å². The molecule has 0 fully saturated rings. The lowest BCUT2D eigenvalue weighted by molar-refractivity contribution is -0.136. The van der Waals surface area contributed by atoms with Crippen LogP contribution in [0.15, 0.2) is 39.1 Å². The first-order chi connectivity index (χ1) is 14.9. The molecular weight excluding hydrogens is 402 g/mol. The van der Waals surface area contributed by atoms with E-state index in [0.717, 1.165) is 12.8 Å². The number of hydrogen-bond donors (Lipinski definition) is 3. The Hall–Kier alpha value is -3.49. The molecule has 3 N–H and O–H groups in total. The molecular formula is C22H27N3O6. The van der Waals surface area contributed by atoms with Crippen LogP contribution in [0.5, 0.6) is 11.5 Å². The van der Waals surface area contributed by atoms with Gasteiger partial charge in [-0.25, -0.2) is 9.59 Å². The zero-order valence-electron chi connectivity index (χ0n) is 18.1. The Labute approximate surface area is 179 Å². The van der Waals surface area contributed by atoms with Crippen LogP contribution in [0.1, 0.15) is 50.7 Å². The fraction of sp³-hybridized carbons (Fsp3) is 0.409. The lowest BCUT2D eigenvalue weighted by Crippen LogP contribution is -2.35. The second-order valence-corrected chi connectivity index (χ2v) is 7.18. The van der Waals surface area contributed by atoms with Crippen LogP contribution in [0.2, 0.25) is 0 Å². The second kappa shape index (κ2) is 9.55. The van der Waals surface area contributed by atoms with Crippen LogP contribution < -0.4 is 26.0 Å². The number of esters is 1. The summed E-state index contributed by atoms with van der Waals surface area (Å²) in [5, 5.41) is 2.95. The van der Waals surface area contributed by atoms with E-state index in [2.05, 4.69) is 15.3 Å². The SMILES string of the molecule is CCCOc1ccc([C@H]2C(C(=O)OC)=C(C)Nc3[nH]c(=O)[nH]c(=O)c32)c(OCCC)c1. The Morgan fingerprint density at radius 1 is 1.06 bits per heavy atom. The minimum atomic E-state index is -0.809. The van der Waals surface area contributed by atoms with Crippen LogP contribution in [-0.4, -0.2) is 36.3 Å². The molecule has 1 aromatic carbocycles. The fourth-order valence-corrected chi connectivity index (χ4v) is 3.58. The minimum Gasteiger partial charge on any atom is -0.493 e. The molecule has 1 aromatic heterocycles. The Morgan fingerprint density at radius 2 is 1.77 bits per heavy atom. The molecule has 1 aliphatic heterocycles. The Kier molecular flexibility index (Phi) is 6.84. The fourth-order valence-electron chi connectivity index (χ4n) is 3.58. The van der Waals surface area contributed by atoms with Gasteiger partial charge in [0.1, 0.15) is 17.3 Å². The molecule has 2 heterocycles. The van der Waals surface area contributed by atoms with E-state index in [0.29, 0.717) is 36.0 Å². The van der Waals surface area contributed by atoms with Crippen LogP contribution in [0.25, 0.3) is 0 Å². The highest BCUT2D eigenvalue weighted by atomic mass is 16.5. The van der Waals surface area contributed by atoms with Gasteiger partial charge < -0.3 is 19.5 Å². The summed E-state index contributed by atoms with van der Waals surface area (Å²) >= 11 is 0. The van der Waals surface area contributed by atoms with Crippen molar-refractivity contribution < 1.29 is 19.0 Å². The first-order valence-corrected chi connectivity index (χ1v) is 10.2. The van der Waals surface area contributed by atoms with Crippen molar-refractivity contribution in [2.24, 2.45) is 0 Å². The number of aromatic amines is 2. The van der Waals surface area contributed by atoms with Crippen molar-refractivity contribution >= 4 is 11.8 Å². The summed E-state index contributed by atoms with van der Waals surface area (Å²) in [7, 11) is 1.28. The summed E-state index contributed by atoms with van der Waals surface area (Å²) in [6.07, 6.45) is 1.63. The van der Waals surface area contributed by atoms with Crippen molar-refractivity contribution in [3.8, 4) is 11.5 Å². The minimum absolute atomic E-state index is 0.203. The zero-order valence-corrected chi connectivity index (χ0v) is 18.1. The van der Waals surface area contributed by atoms with E-state index in [1.165, 1.54) is 7.11 Å². The molecule has 31 heavy (non-hydrogen) atoms. The number of fused-ring (bicyclic) bond motifs is 1. The van der Waals surface area contributed by atoms with Crippen molar-refractivity contribution in [1.82, 2.24) is 9.97 Å². The van der Waals surface area contributed by atoms with Crippen molar-refractivity contribution in [2.45, 2.75) is 39.5 Å². The van der Waals surface area contributed by atoms with E-state index in [-0.39, 0.29) is 17.0 Å². The van der Waals surface area contributed by atoms with E-state index in [1.807, 2.05) is 13.8 Å². The van der Waals surface area contributed by atoms with E-state index in [9.17, 15) is 14.4 Å². The molecule has 166 valence electrons. The number of carbonyl (C=O) groups is 1. The number of benzene rings is 1. The smallest absolute Gasteiger partial charge is 0.336 e. The van der Waals surface area contributed by atoms with Gasteiger partial charge in [-0.15, -0.1) is 0 Å². The molecule has 1 aliphatic rings. The molecule has 0 bridgehead atoms. The van der Waals surface area contributed by atoms with Gasteiger partial charge in [0.2, 0.25) is 0 Å². The van der Waals surface area contributed by atoms with Gasteiger partial charge in [-0.1, -0.05) is 19.9 Å². The van der Waals surface area contributed by atoms with Crippen LogP contribution in [0, 0.1) is 0 Å². The molecule has 3 rings (SSSR count). The molecule has 0 spiro atoms. The number of anilines is 1. The predicted octanol–water partition coefficient (Wildman–Crippen LogP) is 2.65. The van der Waals surface area contributed by atoms with Crippen LogP contribution in [0.3, 0.4) is 0 Å². The second-order valence-electron chi connectivity index (χ2n) is 7.18. The maximum atomic E-state index is 12.8. The highest BCUT2D eigenvalue weighted by Gasteiger charge is 2.37. The number of H-pyrrole nitrogens is 2. The molecule has 0 unspecified atom stereocenters. The van der Waals surface area contributed by atoms with Gasteiger partial charge in [0, 0.05) is 17.3 Å². The zero-order chi connectivity index (χ0) is 22.5. The Balaban J connectivity index is 2.25. The molecule has 2 aromatic rings. The van der Waals surface area contributed by atoms with Gasteiger partial charge in [0.25, 0.3) is 5.56 Å². The van der Waals surface area contributed by atoms with Crippen molar-refractivity contribution in [3.05, 3.63) is 61.4 Å². The average molecular weight is 429 g/mol. The number of nitrogens with one attached hydrogen (secondary N) is 3. The predicted molar refractivity (Wildman–Crippen MR) is 116 cm³/mol. The molecule has 0 radical (unpaired) electrons. The summed E-state index contributed by atoms with van der Waals surface area (Å²) in [6, 6.07) is 5.30. The average Bonchev–Trinajstić information content (AvgIpc) is 2.74. The third kappa shape index (κ3) is 4.50. The largest absolute Gasteiger partial charge is 0.493 e. The Bertz CT molecular complexity index is 1110. The number of allylic oxidation sites excluding steroid dienone is 1. The molecule has 9 nitrogen and oxygen atoms in total. The summed E-state index contributed by atoms with van der Waals surface area (Å²) in [5.74, 6) is -0.0401. The van der Waals surface area contributed by atoms with Gasteiger partial charge in [0.05, 0.1) is 37.4 Å². The number of methoxy groups -OCH3 is 1. The third-order valence-corrected chi connectivity index (χ3v) is 4.91. The number of ether oxygens (including phenoxy) is 3. The van der Waals surface area contributed by atoms with Crippen molar-refractivity contribution in [3.63, 3.8) is 0 Å². The van der Waals surface area contributed by atoms with Crippen LogP contribution in [-0.2, 0) is 9.53 Å². The topological polar surface area (TPSA) is 123 Å². The normalized spacial score (nSPS) is 15.2. The highest BCUT2D eigenvalue weighted by molar-refractivity contribution is 5.94. The third-order valence-electron chi connectivity index (χ3n) is 4.91. The highest BCUT2D eigenvalue weighted by Crippen LogP contribution is 2.43. The lowest BCUT2D eigenvalue weighted by atomic mass is 9.82. The monoisotopic (exact) mass is 429 g/mol. The van der Waals surface area contributed by atoms with E-state index in [4.69, 9.17) is 14.2 Å². The maximum Gasteiger partial charge on any atom is 0.336 e. The van der Waals surface area contributed by atoms with Crippen LogP contribution >= 0.6 is 0 Å². The summed E-state index contributed by atoms with van der Waals surface area (Å²) in [6.45, 7) is 6.68. The van der Waals surface area contributed by atoms with E-state index >= 15 is 0 Å². The quantitative estimate of drug-likeness (QED) is 0.551. The van der Waals surface area contributed by atoms with E-state index < -0.39 is 23.1 Å². The standard InChI is InChI=1S/C22H27N3O6/c1-5-9-30-13-7-8-14(15(11-13)31-10-6-2)17-16(21(27)29-4)12(3)23-19-18(17)20(26)25-22(28)24-19/h7-8,11,17H,5-6,9-10H2,1-4H3,(H3,23,24,25,26,28)/t17-/m0/s1. The molecule has 0 amide bonds. The lowest BCUT2D eigenvalue weighted by Gasteiger charge is -2.29. The van der Waals surface area contributed by atoms with Gasteiger partial charge in [0.15, 0.2) is 0 Å². The van der Waals surface area contributed by atoms with Crippen LogP contribution in [0.4, 0.5) is 5.82 Å². The van der Waals surface area contributed by atoms with Gasteiger partial charge in [-0.05, 0) is 25.8 Å². The van der Waals surface area contributed by atoms with Crippen molar-refractivity contribution in [2.75, 3.05) is 25.6 Å². The molecule has 0 aliphatic carbocycles. The van der Waals surface area contributed by atoms with Gasteiger partial charge >= 0.3 is 11.7 Å². The molecule has 0 saturated heterocycles. The number of rotatable bonds is 8. The molecule has 0 saturated carbocycles.